The van der Waals surface area contributed by atoms with Crippen molar-refractivity contribution in [2.45, 2.75) is 20.4 Å². The second-order valence-electron chi connectivity index (χ2n) is 5.27. The van der Waals surface area contributed by atoms with E-state index in [4.69, 9.17) is 0 Å². The molecular formula is C15H21BrN4. The van der Waals surface area contributed by atoms with Crippen LogP contribution in [0.25, 0.3) is 0 Å². The van der Waals surface area contributed by atoms with E-state index >= 15 is 0 Å². The Morgan fingerprint density at radius 1 is 1.25 bits per heavy atom. The molecule has 0 bridgehead atoms. The summed E-state index contributed by atoms with van der Waals surface area (Å²) in [6.07, 6.45) is 1.92. The van der Waals surface area contributed by atoms with E-state index in [0.717, 1.165) is 22.7 Å². The van der Waals surface area contributed by atoms with Gasteiger partial charge in [-0.25, -0.2) is 4.98 Å². The normalized spacial score (nSPS) is 10.7. The Balaban J connectivity index is 2.17. The zero-order valence-electron chi connectivity index (χ0n) is 12.7. The minimum atomic E-state index is 0.765. The molecule has 4 nitrogen and oxygen atoms in total. The van der Waals surface area contributed by atoms with Crippen LogP contribution in [-0.2, 0) is 13.6 Å². The maximum atomic E-state index is 4.43. The molecule has 0 radical (unpaired) electrons. The maximum absolute atomic E-state index is 4.43. The molecule has 0 fully saturated rings. The molecule has 5 heteroatoms. The summed E-state index contributed by atoms with van der Waals surface area (Å²) in [5.74, 6) is 0.964. The van der Waals surface area contributed by atoms with Gasteiger partial charge in [-0.05, 0) is 37.1 Å². The van der Waals surface area contributed by atoms with Gasteiger partial charge in [-0.1, -0.05) is 15.9 Å². The van der Waals surface area contributed by atoms with Crippen LogP contribution in [0, 0.1) is 13.8 Å². The quantitative estimate of drug-likeness (QED) is 0.927. The van der Waals surface area contributed by atoms with E-state index in [9.17, 15) is 0 Å². The third-order valence-electron chi connectivity index (χ3n) is 3.40. The summed E-state index contributed by atoms with van der Waals surface area (Å²) < 4.78 is 3.23. The predicted molar refractivity (Wildman–Crippen MR) is 88.5 cm³/mol. The molecular weight excluding hydrogens is 316 g/mol. The van der Waals surface area contributed by atoms with Crippen LogP contribution in [0.4, 0.5) is 11.6 Å². The Morgan fingerprint density at radius 2 is 1.85 bits per heavy atom. The molecule has 0 unspecified atom stereocenters. The third-order valence-corrected chi connectivity index (χ3v) is 3.86. The van der Waals surface area contributed by atoms with Gasteiger partial charge < -0.3 is 14.8 Å². The summed E-state index contributed by atoms with van der Waals surface area (Å²) in [5, 5.41) is 3.52. The lowest BCUT2D eigenvalue weighted by atomic mass is 10.1. The van der Waals surface area contributed by atoms with E-state index in [1.807, 2.05) is 32.2 Å². The van der Waals surface area contributed by atoms with Gasteiger partial charge in [-0.3, -0.25) is 0 Å². The molecule has 0 aliphatic rings. The second kappa shape index (κ2) is 5.87. The van der Waals surface area contributed by atoms with E-state index in [2.05, 4.69) is 56.8 Å². The monoisotopic (exact) mass is 336 g/mol. The summed E-state index contributed by atoms with van der Waals surface area (Å²) in [4.78, 5) is 6.44. The number of benzene rings is 1. The standard InChI is InChI=1S/C15H21BrN4/c1-10-6-12(16)7-11(2)14(10)17-8-13-9-18-15(19(3)4)20(13)5/h6-7,9,17H,8H2,1-5H3. The topological polar surface area (TPSA) is 33.1 Å². The van der Waals surface area contributed by atoms with Crippen molar-refractivity contribution in [3.8, 4) is 0 Å². The molecule has 0 atom stereocenters. The Bertz CT molecular complexity index is 593. The first kappa shape index (κ1) is 14.9. The van der Waals surface area contributed by atoms with Crippen LogP contribution < -0.4 is 10.2 Å². The molecule has 1 aromatic carbocycles. The molecule has 2 aromatic rings. The minimum Gasteiger partial charge on any atom is -0.379 e. The highest BCUT2D eigenvalue weighted by molar-refractivity contribution is 9.10. The fourth-order valence-corrected chi connectivity index (χ4v) is 3.07. The SMILES string of the molecule is Cc1cc(Br)cc(C)c1NCc1cnc(N(C)C)n1C. The van der Waals surface area contributed by atoms with E-state index in [-0.39, 0.29) is 0 Å². The fraction of sp³-hybridized carbons (Fsp3) is 0.400. The zero-order chi connectivity index (χ0) is 14.9. The average molecular weight is 337 g/mol. The summed E-state index contributed by atoms with van der Waals surface area (Å²) >= 11 is 3.53. The van der Waals surface area contributed by atoms with Crippen molar-refractivity contribution in [2.24, 2.45) is 7.05 Å². The zero-order valence-corrected chi connectivity index (χ0v) is 14.2. The average Bonchev–Trinajstić information content (AvgIpc) is 2.69. The largest absolute Gasteiger partial charge is 0.379 e. The first-order chi connectivity index (χ1) is 9.40. The third kappa shape index (κ3) is 2.98. The summed E-state index contributed by atoms with van der Waals surface area (Å²) in [6, 6.07) is 4.26. The molecule has 20 heavy (non-hydrogen) atoms. The van der Waals surface area contributed by atoms with Gasteiger partial charge in [0, 0.05) is 31.3 Å². The number of hydrogen-bond acceptors (Lipinski definition) is 3. The minimum absolute atomic E-state index is 0.765. The smallest absolute Gasteiger partial charge is 0.204 e. The van der Waals surface area contributed by atoms with Crippen molar-refractivity contribution in [3.05, 3.63) is 39.6 Å². The molecule has 1 aromatic heterocycles. The molecule has 0 saturated carbocycles. The molecule has 1 N–H and O–H groups in total. The number of anilines is 2. The molecule has 0 amide bonds. The molecule has 0 aliphatic heterocycles. The van der Waals surface area contributed by atoms with Gasteiger partial charge in [0.1, 0.15) is 0 Å². The summed E-state index contributed by atoms with van der Waals surface area (Å²) in [6.45, 7) is 5.00. The number of hydrogen-bond donors (Lipinski definition) is 1. The van der Waals surface area contributed by atoms with Gasteiger partial charge in [0.25, 0.3) is 0 Å². The van der Waals surface area contributed by atoms with Gasteiger partial charge in [0.15, 0.2) is 0 Å². The van der Waals surface area contributed by atoms with Crippen LogP contribution in [0.5, 0.6) is 0 Å². The Kier molecular flexibility index (Phi) is 4.38. The number of aromatic nitrogens is 2. The number of imidazole rings is 1. The highest BCUT2D eigenvalue weighted by Gasteiger charge is 2.09. The van der Waals surface area contributed by atoms with E-state index in [1.165, 1.54) is 16.8 Å². The van der Waals surface area contributed by atoms with Gasteiger partial charge in [-0.2, -0.15) is 0 Å². The lowest BCUT2D eigenvalue weighted by Crippen LogP contribution is -2.15. The predicted octanol–water partition coefficient (Wildman–Crippen LogP) is 3.48. The van der Waals surface area contributed by atoms with E-state index in [1.54, 1.807) is 0 Å². The first-order valence-electron chi connectivity index (χ1n) is 6.58. The van der Waals surface area contributed by atoms with Crippen molar-refractivity contribution in [1.29, 1.82) is 0 Å². The van der Waals surface area contributed by atoms with Crippen LogP contribution in [0.2, 0.25) is 0 Å². The van der Waals surface area contributed by atoms with Crippen molar-refractivity contribution in [3.63, 3.8) is 0 Å². The molecule has 108 valence electrons. The molecule has 2 rings (SSSR count). The number of nitrogens with one attached hydrogen (secondary N) is 1. The fourth-order valence-electron chi connectivity index (χ4n) is 2.38. The molecule has 0 spiro atoms. The maximum Gasteiger partial charge on any atom is 0.204 e. The molecule has 1 heterocycles. The van der Waals surface area contributed by atoms with Gasteiger partial charge in [0.2, 0.25) is 5.95 Å². The number of nitrogens with zero attached hydrogens (tertiary/aromatic N) is 3. The molecule has 0 aliphatic carbocycles. The number of rotatable bonds is 4. The first-order valence-corrected chi connectivity index (χ1v) is 7.38. The highest BCUT2D eigenvalue weighted by atomic mass is 79.9. The number of halogens is 1. The van der Waals surface area contributed by atoms with Gasteiger partial charge >= 0.3 is 0 Å². The summed E-state index contributed by atoms with van der Waals surface area (Å²) in [5.41, 5.74) is 4.84. The second-order valence-corrected chi connectivity index (χ2v) is 6.19. The van der Waals surface area contributed by atoms with Crippen molar-refractivity contribution >= 4 is 27.6 Å². The van der Waals surface area contributed by atoms with Gasteiger partial charge in [-0.15, -0.1) is 0 Å². The Hall–Kier alpha value is -1.49. The molecule has 0 saturated heterocycles. The summed E-state index contributed by atoms with van der Waals surface area (Å²) in [7, 11) is 6.05. The van der Waals surface area contributed by atoms with E-state index < -0.39 is 0 Å². The van der Waals surface area contributed by atoms with Crippen LogP contribution in [0.3, 0.4) is 0 Å². The Morgan fingerprint density at radius 3 is 2.35 bits per heavy atom. The van der Waals surface area contributed by atoms with Crippen LogP contribution in [-0.4, -0.2) is 23.6 Å². The van der Waals surface area contributed by atoms with Crippen LogP contribution in [0.1, 0.15) is 16.8 Å². The lowest BCUT2D eigenvalue weighted by molar-refractivity contribution is 0.813. The lowest BCUT2D eigenvalue weighted by Gasteiger charge is -2.15. The van der Waals surface area contributed by atoms with Crippen molar-refractivity contribution < 1.29 is 0 Å². The van der Waals surface area contributed by atoms with E-state index in [0.29, 0.717) is 0 Å². The van der Waals surface area contributed by atoms with Crippen molar-refractivity contribution in [2.75, 3.05) is 24.3 Å². The van der Waals surface area contributed by atoms with Gasteiger partial charge in [0.05, 0.1) is 18.4 Å². The van der Waals surface area contributed by atoms with Crippen molar-refractivity contribution in [1.82, 2.24) is 9.55 Å². The van der Waals surface area contributed by atoms with Crippen LogP contribution >= 0.6 is 15.9 Å². The number of aryl methyl sites for hydroxylation is 2. The Labute approximate surface area is 128 Å². The van der Waals surface area contributed by atoms with Crippen LogP contribution in [0.15, 0.2) is 22.8 Å². The highest BCUT2D eigenvalue weighted by Crippen LogP contribution is 2.25.